The zero-order valence-corrected chi connectivity index (χ0v) is 14.4. The molecule has 1 fully saturated rings. The molecule has 2 heterocycles. The van der Waals surface area contributed by atoms with Crippen LogP contribution in [0.1, 0.15) is 37.1 Å². The van der Waals surface area contributed by atoms with Crippen molar-refractivity contribution in [1.29, 1.82) is 0 Å². The maximum absolute atomic E-state index is 12.4. The van der Waals surface area contributed by atoms with Crippen LogP contribution in [0, 0.1) is 12.8 Å². The van der Waals surface area contributed by atoms with Gasteiger partial charge in [-0.3, -0.25) is 9.48 Å². The van der Waals surface area contributed by atoms with Crippen molar-refractivity contribution in [2.75, 3.05) is 19.3 Å². The Labute approximate surface area is 131 Å². The van der Waals surface area contributed by atoms with Gasteiger partial charge in [-0.05, 0) is 26.7 Å². The normalized spacial score (nSPS) is 19.1. The van der Waals surface area contributed by atoms with Gasteiger partial charge in [0.2, 0.25) is 15.9 Å². The van der Waals surface area contributed by atoms with E-state index in [-0.39, 0.29) is 17.9 Å². The Morgan fingerprint density at radius 3 is 2.45 bits per heavy atom. The highest BCUT2D eigenvalue weighted by molar-refractivity contribution is 7.88. The molecule has 22 heavy (non-hydrogen) atoms. The quantitative estimate of drug-likeness (QED) is 0.876. The van der Waals surface area contributed by atoms with E-state index in [2.05, 4.69) is 10.4 Å². The maximum Gasteiger partial charge on any atom is 0.223 e. The number of piperidine rings is 1. The monoisotopic (exact) mass is 328 g/mol. The summed E-state index contributed by atoms with van der Waals surface area (Å²) in [5, 5.41) is 7.29. The molecular weight excluding hydrogens is 304 g/mol. The van der Waals surface area contributed by atoms with Crippen molar-refractivity contribution in [3.63, 3.8) is 0 Å². The van der Waals surface area contributed by atoms with Gasteiger partial charge >= 0.3 is 0 Å². The molecule has 0 spiro atoms. The van der Waals surface area contributed by atoms with Crippen molar-refractivity contribution < 1.29 is 13.2 Å². The van der Waals surface area contributed by atoms with Crippen LogP contribution >= 0.6 is 0 Å². The largest absolute Gasteiger partial charge is 0.349 e. The number of nitrogens with zero attached hydrogens (tertiary/aromatic N) is 3. The van der Waals surface area contributed by atoms with Crippen LogP contribution < -0.4 is 5.32 Å². The molecule has 0 aliphatic carbocycles. The molecule has 2 rings (SSSR count). The van der Waals surface area contributed by atoms with Gasteiger partial charge in [-0.25, -0.2) is 12.7 Å². The summed E-state index contributed by atoms with van der Waals surface area (Å²) < 4.78 is 26.1. The highest BCUT2D eigenvalue weighted by atomic mass is 32.2. The molecule has 1 amide bonds. The van der Waals surface area contributed by atoms with Crippen LogP contribution in [0.5, 0.6) is 0 Å². The first-order valence-electron chi connectivity index (χ1n) is 7.44. The molecule has 1 aromatic heterocycles. The van der Waals surface area contributed by atoms with Crippen LogP contribution in [0.3, 0.4) is 0 Å². The fourth-order valence-corrected chi connectivity index (χ4v) is 3.78. The summed E-state index contributed by atoms with van der Waals surface area (Å²) in [6, 6.07) is -0.103. The van der Waals surface area contributed by atoms with Crippen molar-refractivity contribution in [3.8, 4) is 0 Å². The summed E-state index contributed by atoms with van der Waals surface area (Å²) in [6.07, 6.45) is 4.25. The van der Waals surface area contributed by atoms with Gasteiger partial charge in [-0.1, -0.05) is 0 Å². The van der Waals surface area contributed by atoms with E-state index in [1.807, 2.05) is 27.1 Å². The second kappa shape index (κ2) is 6.37. The molecule has 1 aliphatic rings. The molecule has 1 aromatic rings. The van der Waals surface area contributed by atoms with E-state index in [1.54, 1.807) is 4.68 Å². The molecule has 0 saturated carbocycles. The summed E-state index contributed by atoms with van der Waals surface area (Å²) in [5.41, 5.74) is 1.91. The van der Waals surface area contributed by atoms with E-state index in [0.29, 0.717) is 25.9 Å². The van der Waals surface area contributed by atoms with Crippen molar-refractivity contribution in [3.05, 3.63) is 17.5 Å². The third-order valence-corrected chi connectivity index (χ3v) is 5.47. The number of aryl methyl sites for hydroxylation is 2. The molecular formula is C14H24N4O3S. The minimum Gasteiger partial charge on any atom is -0.349 e. The number of rotatable bonds is 4. The summed E-state index contributed by atoms with van der Waals surface area (Å²) in [4.78, 5) is 12.4. The second-order valence-electron chi connectivity index (χ2n) is 6.01. The highest BCUT2D eigenvalue weighted by Gasteiger charge is 2.29. The van der Waals surface area contributed by atoms with E-state index >= 15 is 0 Å². The van der Waals surface area contributed by atoms with Gasteiger partial charge < -0.3 is 5.32 Å². The number of hydrogen-bond acceptors (Lipinski definition) is 4. The molecule has 1 atom stereocenters. The molecule has 0 bridgehead atoms. The summed E-state index contributed by atoms with van der Waals surface area (Å²) >= 11 is 0. The average molecular weight is 328 g/mol. The van der Waals surface area contributed by atoms with Crippen LogP contribution in [-0.4, -0.2) is 47.8 Å². The van der Waals surface area contributed by atoms with Crippen LogP contribution in [0.2, 0.25) is 0 Å². The molecule has 8 heteroatoms. The predicted molar refractivity (Wildman–Crippen MR) is 83.6 cm³/mol. The molecule has 1 unspecified atom stereocenters. The summed E-state index contributed by atoms with van der Waals surface area (Å²) in [6.45, 7) is 4.69. The molecule has 1 aliphatic heterocycles. The van der Waals surface area contributed by atoms with Gasteiger partial charge in [-0.15, -0.1) is 0 Å². The second-order valence-corrected chi connectivity index (χ2v) is 7.99. The molecule has 0 aromatic carbocycles. The zero-order valence-electron chi connectivity index (χ0n) is 13.5. The lowest BCUT2D eigenvalue weighted by Crippen LogP contribution is -2.43. The van der Waals surface area contributed by atoms with Gasteiger partial charge in [0, 0.05) is 37.8 Å². The highest BCUT2D eigenvalue weighted by Crippen LogP contribution is 2.21. The first-order valence-corrected chi connectivity index (χ1v) is 9.29. The topological polar surface area (TPSA) is 84.3 Å². The van der Waals surface area contributed by atoms with Crippen LogP contribution in [-0.2, 0) is 21.9 Å². The van der Waals surface area contributed by atoms with E-state index in [0.717, 1.165) is 11.3 Å². The van der Waals surface area contributed by atoms with Gasteiger partial charge in [-0.2, -0.15) is 5.10 Å². The lowest BCUT2D eigenvalue weighted by atomic mass is 9.96. The first kappa shape index (κ1) is 17.0. The Morgan fingerprint density at radius 1 is 1.41 bits per heavy atom. The Bertz CT molecular complexity index is 645. The average Bonchev–Trinajstić information content (AvgIpc) is 2.77. The van der Waals surface area contributed by atoms with Gasteiger partial charge in [0.25, 0.3) is 0 Å². The lowest BCUT2D eigenvalue weighted by Gasteiger charge is -2.30. The molecule has 1 saturated heterocycles. The van der Waals surface area contributed by atoms with Crippen molar-refractivity contribution in [1.82, 2.24) is 19.4 Å². The number of carbonyl (C=O) groups excluding carboxylic acids is 1. The Kier molecular flexibility index (Phi) is 4.91. The Balaban J connectivity index is 1.92. The SMILES string of the molecule is Cc1nn(C)cc1C(C)NC(=O)C1CCN(S(C)(=O)=O)CC1. The molecule has 7 nitrogen and oxygen atoms in total. The van der Waals surface area contributed by atoms with Gasteiger partial charge in [0.15, 0.2) is 0 Å². The standard InChI is InChI=1S/C14H24N4O3S/c1-10(13-9-17(3)16-11(13)2)15-14(19)12-5-7-18(8-6-12)22(4,20)21/h9-10,12H,5-8H2,1-4H3,(H,15,19). The van der Waals surface area contributed by atoms with Crippen LogP contribution in [0.15, 0.2) is 6.20 Å². The van der Waals surface area contributed by atoms with Crippen LogP contribution in [0.4, 0.5) is 0 Å². The minimum atomic E-state index is -3.15. The third kappa shape index (κ3) is 3.86. The van der Waals surface area contributed by atoms with E-state index in [1.165, 1.54) is 10.6 Å². The van der Waals surface area contributed by atoms with E-state index < -0.39 is 10.0 Å². The number of carbonyl (C=O) groups is 1. The molecule has 124 valence electrons. The minimum absolute atomic E-state index is 0.0103. The van der Waals surface area contributed by atoms with Gasteiger partial charge in [0.05, 0.1) is 18.0 Å². The number of nitrogens with one attached hydrogen (secondary N) is 1. The number of amides is 1. The molecule has 0 radical (unpaired) electrons. The smallest absolute Gasteiger partial charge is 0.223 e. The van der Waals surface area contributed by atoms with Crippen molar-refractivity contribution in [2.45, 2.75) is 32.7 Å². The Morgan fingerprint density at radius 2 is 2.00 bits per heavy atom. The van der Waals surface area contributed by atoms with E-state index in [4.69, 9.17) is 0 Å². The van der Waals surface area contributed by atoms with Crippen molar-refractivity contribution in [2.24, 2.45) is 13.0 Å². The number of hydrogen-bond donors (Lipinski definition) is 1. The van der Waals surface area contributed by atoms with E-state index in [9.17, 15) is 13.2 Å². The lowest BCUT2D eigenvalue weighted by molar-refractivity contribution is -0.126. The predicted octanol–water partition coefficient (Wildman–Crippen LogP) is 0.577. The first-order chi connectivity index (χ1) is 10.2. The number of sulfonamides is 1. The third-order valence-electron chi connectivity index (χ3n) is 4.17. The maximum atomic E-state index is 12.4. The Hall–Kier alpha value is -1.41. The number of aromatic nitrogens is 2. The summed E-state index contributed by atoms with van der Waals surface area (Å²) in [7, 11) is -1.30. The fourth-order valence-electron chi connectivity index (χ4n) is 2.90. The molecule has 1 N–H and O–H groups in total. The summed E-state index contributed by atoms with van der Waals surface area (Å²) in [5.74, 6) is -0.138. The van der Waals surface area contributed by atoms with Crippen molar-refractivity contribution >= 4 is 15.9 Å². The zero-order chi connectivity index (χ0) is 16.5. The fraction of sp³-hybridized carbons (Fsp3) is 0.714. The van der Waals surface area contributed by atoms with Gasteiger partial charge in [0.1, 0.15) is 0 Å². The van der Waals surface area contributed by atoms with Crippen LogP contribution in [0.25, 0.3) is 0 Å².